The van der Waals surface area contributed by atoms with Crippen LogP contribution >= 0.6 is 0 Å². The summed E-state index contributed by atoms with van der Waals surface area (Å²) in [7, 11) is 0. The maximum absolute atomic E-state index is 13.8. The van der Waals surface area contributed by atoms with Crippen molar-refractivity contribution in [3.8, 4) is 5.75 Å². The normalized spacial score (nSPS) is 14.2. The number of hydrogen-bond donors (Lipinski definition) is 7. The molecule has 0 aromatic heterocycles. The Morgan fingerprint density at radius 2 is 1.10 bits per heavy atom. The summed E-state index contributed by atoms with van der Waals surface area (Å²) >= 11 is 0. The van der Waals surface area contributed by atoms with E-state index in [9.17, 15) is 48.3 Å². The summed E-state index contributed by atoms with van der Waals surface area (Å²) < 4.78 is 22.1. The van der Waals surface area contributed by atoms with Crippen LogP contribution in [0.1, 0.15) is 219 Å². The van der Waals surface area contributed by atoms with E-state index in [1.54, 1.807) is 12.1 Å². The lowest BCUT2D eigenvalue weighted by atomic mass is 9.91. The molecule has 0 aliphatic carbocycles. The number of amides is 3. The molecule has 23 heteroatoms. The smallest absolute Gasteiger partial charge is 0.373 e. The van der Waals surface area contributed by atoms with Crippen LogP contribution in [0.15, 0.2) is 24.3 Å². The highest BCUT2D eigenvalue weighted by molar-refractivity contribution is 6.41. The highest BCUT2D eigenvalue weighted by Crippen LogP contribution is 2.23. The van der Waals surface area contributed by atoms with Crippen LogP contribution in [-0.4, -0.2) is 171 Å². The zero-order chi connectivity index (χ0) is 65.7. The maximum Gasteiger partial charge on any atom is 0.373 e. The highest BCUT2D eigenvalue weighted by atomic mass is 16.5. The molecular formula is C66H110N6O17. The Morgan fingerprint density at radius 1 is 0.607 bits per heavy atom. The van der Waals surface area contributed by atoms with Gasteiger partial charge in [-0.15, -0.1) is 0 Å². The summed E-state index contributed by atoms with van der Waals surface area (Å²) in [5, 5.41) is 24.0. The molecule has 506 valence electrons. The number of hydrazine groups is 1. The predicted molar refractivity (Wildman–Crippen MR) is 335 cm³/mol. The molecule has 5 atom stereocenters. The van der Waals surface area contributed by atoms with Crippen molar-refractivity contribution in [1.82, 2.24) is 26.4 Å². The third-order valence-electron chi connectivity index (χ3n) is 15.7. The molecule has 1 aliphatic heterocycles. The number of Topliss-reactive ketones (excluding diaryl/α,β-unsaturated/α-hetero) is 5. The number of carbonyl (C=O) groups is 9. The van der Waals surface area contributed by atoms with Gasteiger partial charge in [0, 0.05) is 65.0 Å². The van der Waals surface area contributed by atoms with Crippen LogP contribution < -0.4 is 27.2 Å². The number of hydrogen-bond acceptors (Lipinski definition) is 19. The molecule has 0 spiro atoms. The van der Waals surface area contributed by atoms with Gasteiger partial charge in [-0.1, -0.05) is 109 Å². The van der Waals surface area contributed by atoms with Crippen molar-refractivity contribution in [2.75, 3.05) is 72.5 Å². The molecule has 0 saturated carbocycles. The van der Waals surface area contributed by atoms with Gasteiger partial charge in [-0.2, -0.15) is 9.59 Å². The van der Waals surface area contributed by atoms with Crippen LogP contribution in [0.5, 0.6) is 5.75 Å². The van der Waals surface area contributed by atoms with Crippen molar-refractivity contribution in [2.45, 2.75) is 244 Å². The number of benzene rings is 1. The lowest BCUT2D eigenvalue weighted by Crippen LogP contribution is -2.58. The molecule has 1 aromatic carbocycles. The number of carboxylic acid groups (broad SMARTS) is 1. The van der Waals surface area contributed by atoms with Crippen LogP contribution in [0, 0.1) is 5.92 Å². The number of rotatable bonds is 58. The minimum Gasteiger partial charge on any atom is -0.508 e. The Balaban J connectivity index is 0.0000129. The molecule has 89 heavy (non-hydrogen) atoms. The molecule has 0 radical (unpaired) electrons. The topological polar surface area (TPSA) is 343 Å². The number of carbonyl (C=O) groups excluding carboxylic acids is 10. The van der Waals surface area contributed by atoms with Crippen LogP contribution in [0.4, 0.5) is 0 Å². The molecule has 3 amide bonds. The van der Waals surface area contributed by atoms with E-state index < -0.39 is 47.6 Å². The van der Waals surface area contributed by atoms with Crippen molar-refractivity contribution < 1.29 is 81.9 Å². The van der Waals surface area contributed by atoms with Crippen molar-refractivity contribution in [2.24, 2.45) is 11.7 Å². The van der Waals surface area contributed by atoms with Gasteiger partial charge in [-0.3, -0.25) is 43.2 Å². The molecule has 1 unspecified atom stereocenters. The highest BCUT2D eigenvalue weighted by Gasteiger charge is 2.42. The molecule has 1 aromatic rings. The van der Waals surface area contributed by atoms with Crippen molar-refractivity contribution in [1.29, 1.82) is 0 Å². The lowest BCUT2D eigenvalue weighted by Gasteiger charge is -2.29. The second-order valence-corrected chi connectivity index (χ2v) is 23.3. The maximum atomic E-state index is 13.8. The Labute approximate surface area is 528 Å². The molecule has 0 bridgehead atoms. The lowest BCUT2D eigenvalue weighted by molar-refractivity contribution is -0.192. The minimum absolute atomic E-state index is 0.0668. The predicted octanol–water partition coefficient (Wildman–Crippen LogP) is 7.33. The van der Waals surface area contributed by atoms with Gasteiger partial charge in [0.2, 0.25) is 29.3 Å². The average molecular weight is 1260 g/mol. The van der Waals surface area contributed by atoms with Gasteiger partial charge in [-0.25, -0.2) is 10.9 Å². The standard InChI is InChI=1S/C65H110N6O15.CO2/c1-4-50(2)62(64(81)63(80)58-31-26-40-71(58)65(82)56(66)47-52-34-36-54(74)37-35-52)70-69-57(51(3)72)30-19-22-38-68-60(77)49-86-48-55(75)28-21-24-42-84-44-46-85-45-43-83-41-23-20-27-53(73)29-25-39-67-59(76)32-17-15-13-11-9-7-5-6-8-10-12-14-16-18-33-61(78)79;2-1-3/h34-37,50,56-58,62,69-70,74H,4-33,38-49,66H2,1-3H3,(H,67,76)(H,68,77)(H,78,79);/t50-,56-,57?,58-,62-;/m0./s1. The number of likely N-dealkylation sites (tertiary alicyclic amines) is 1. The number of nitrogens with two attached hydrogens (primary N) is 1. The van der Waals surface area contributed by atoms with Gasteiger partial charge in [-0.05, 0) is 114 Å². The third kappa shape index (κ3) is 42.9. The monoisotopic (exact) mass is 1260 g/mol. The minimum atomic E-state index is -0.948. The Bertz CT molecular complexity index is 2180. The third-order valence-corrected chi connectivity index (χ3v) is 15.7. The number of aliphatic carboxylic acids is 1. The van der Waals surface area contributed by atoms with E-state index >= 15 is 0 Å². The summed E-state index contributed by atoms with van der Waals surface area (Å²) in [5.74, 6) is -3.03. The van der Waals surface area contributed by atoms with Crippen LogP contribution in [0.2, 0.25) is 0 Å². The molecule has 1 fully saturated rings. The molecular weight excluding hydrogens is 1150 g/mol. The fourth-order valence-electron chi connectivity index (χ4n) is 10.2. The Kier molecular flexibility index (Phi) is 49.5. The van der Waals surface area contributed by atoms with E-state index in [0.717, 1.165) is 56.9 Å². The second kappa shape index (κ2) is 54.1. The number of ether oxygens (including phenoxy) is 4. The van der Waals surface area contributed by atoms with Crippen LogP contribution in [0.25, 0.3) is 0 Å². The fourth-order valence-corrected chi connectivity index (χ4v) is 10.2. The van der Waals surface area contributed by atoms with E-state index in [0.29, 0.717) is 143 Å². The number of nitrogens with one attached hydrogen (secondary N) is 4. The zero-order valence-electron chi connectivity index (χ0n) is 53.9. The van der Waals surface area contributed by atoms with Gasteiger partial charge in [0.05, 0.1) is 50.6 Å². The van der Waals surface area contributed by atoms with Gasteiger partial charge >= 0.3 is 12.1 Å². The molecule has 2 rings (SSSR count). The zero-order valence-corrected chi connectivity index (χ0v) is 53.9. The van der Waals surface area contributed by atoms with E-state index in [1.165, 1.54) is 75.3 Å². The molecule has 8 N–H and O–H groups in total. The average Bonchev–Trinajstić information content (AvgIpc) is 3.43. The molecule has 23 nitrogen and oxygen atoms in total. The van der Waals surface area contributed by atoms with Gasteiger partial charge in [0.25, 0.3) is 0 Å². The van der Waals surface area contributed by atoms with Gasteiger partial charge in [0.15, 0.2) is 5.78 Å². The summed E-state index contributed by atoms with van der Waals surface area (Å²) in [6, 6.07) is 2.88. The largest absolute Gasteiger partial charge is 0.508 e. The number of unbranched alkanes of at least 4 members (excludes halogenated alkanes) is 16. The van der Waals surface area contributed by atoms with E-state index in [1.807, 2.05) is 13.8 Å². The van der Waals surface area contributed by atoms with Crippen LogP contribution in [0.3, 0.4) is 0 Å². The first kappa shape index (κ1) is 81.4. The first-order chi connectivity index (χ1) is 42.9. The Morgan fingerprint density at radius 3 is 1.65 bits per heavy atom. The molecule has 1 heterocycles. The molecule has 1 aliphatic rings. The second-order valence-electron chi connectivity index (χ2n) is 23.3. The number of phenols is 1. The fraction of sp³-hybridized carbons (Fsp3) is 0.758. The number of ketones is 5. The van der Waals surface area contributed by atoms with Crippen molar-refractivity contribution in [3.05, 3.63) is 29.8 Å². The van der Waals surface area contributed by atoms with Crippen molar-refractivity contribution in [3.63, 3.8) is 0 Å². The summed E-state index contributed by atoms with van der Waals surface area (Å²) in [6.45, 7) is 8.68. The number of nitrogens with zero attached hydrogens (tertiary/aromatic N) is 1. The number of aromatic hydroxyl groups is 1. The first-order valence-electron chi connectivity index (χ1n) is 33.0. The number of carboxylic acids is 1. The molecule has 1 saturated heterocycles. The Hall–Kier alpha value is -5.65. The van der Waals surface area contributed by atoms with E-state index in [2.05, 4.69) is 21.5 Å². The summed E-state index contributed by atoms with van der Waals surface area (Å²) in [4.78, 5) is 131. The van der Waals surface area contributed by atoms with Gasteiger partial charge in [0.1, 0.15) is 30.5 Å². The van der Waals surface area contributed by atoms with E-state index in [4.69, 9.17) is 39.4 Å². The van der Waals surface area contributed by atoms with Crippen LogP contribution in [-0.2, 0) is 78.1 Å². The van der Waals surface area contributed by atoms with Gasteiger partial charge < -0.3 is 50.4 Å². The van der Waals surface area contributed by atoms with E-state index in [-0.39, 0.29) is 73.0 Å². The summed E-state index contributed by atoms with van der Waals surface area (Å²) in [5.41, 5.74) is 13.0. The number of phenolic OH excluding ortho intramolecular Hbond substituents is 1. The summed E-state index contributed by atoms with van der Waals surface area (Å²) in [6.07, 6.45) is 25.2. The van der Waals surface area contributed by atoms with Crippen molar-refractivity contribution >= 4 is 58.8 Å². The first-order valence-corrected chi connectivity index (χ1v) is 33.0. The quantitative estimate of drug-likeness (QED) is 0.0191. The SMILES string of the molecule is CC[C@H](C)[C@H](NNC(CCCCNC(=O)COCC(=O)CCCCOCCOCCOCCCCC(=O)CCCNC(=O)CCCCCCCCCCCCCCCCC(=O)O)C(C)=O)C(=O)C(=O)[C@@H]1CCCN1C(=O)[C@@H](N)Cc1ccc(O)cc1.O=C=O.